The topological polar surface area (TPSA) is 12.5 Å². The van der Waals surface area contributed by atoms with E-state index in [0.29, 0.717) is 12.2 Å². The van der Waals surface area contributed by atoms with Gasteiger partial charge >= 0.3 is 0 Å². The van der Waals surface area contributed by atoms with E-state index in [4.69, 9.17) is 4.74 Å². The van der Waals surface area contributed by atoms with Crippen LogP contribution in [0.15, 0.2) is 11.6 Å². The van der Waals surface area contributed by atoms with E-state index < -0.39 is 0 Å². The molecule has 0 N–H and O–H groups in total. The third-order valence-corrected chi connectivity index (χ3v) is 3.79. The normalized spacial score (nSPS) is 36.7. The monoisotopic (exact) mass is 194 g/mol. The zero-order valence-electron chi connectivity index (χ0n) is 9.46. The van der Waals surface area contributed by atoms with E-state index in [1.807, 2.05) is 0 Å². The molecule has 1 heteroatoms. The Balaban J connectivity index is 1.61. The van der Waals surface area contributed by atoms with Crippen molar-refractivity contribution in [2.24, 2.45) is 5.92 Å². The molecule has 0 aromatic carbocycles. The predicted octanol–water partition coefficient (Wildman–Crippen LogP) is 3.69. The Hall–Kier alpha value is -0.300. The lowest BCUT2D eigenvalue weighted by Crippen LogP contribution is -2.13. The lowest BCUT2D eigenvalue weighted by atomic mass is 9.85. The van der Waals surface area contributed by atoms with E-state index in [-0.39, 0.29) is 0 Å². The number of ether oxygens (including phenoxy) is 1. The standard InChI is InChI=1S/C13H22O/c1-3-10(2)5-4-6-11-7-8-12-13(9-11)14-12/h3,11-13H,4-9H2,1-2H3. The molecular weight excluding hydrogens is 172 g/mol. The molecule has 0 aromatic heterocycles. The van der Waals surface area contributed by atoms with E-state index in [1.54, 1.807) is 5.57 Å². The lowest BCUT2D eigenvalue weighted by molar-refractivity contribution is 0.347. The molecule has 80 valence electrons. The van der Waals surface area contributed by atoms with Crippen LogP contribution in [0, 0.1) is 5.92 Å². The molecule has 3 atom stereocenters. The van der Waals surface area contributed by atoms with Crippen LogP contribution in [-0.2, 0) is 4.74 Å². The van der Waals surface area contributed by atoms with Crippen molar-refractivity contribution in [2.75, 3.05) is 0 Å². The Morgan fingerprint density at radius 2 is 2.21 bits per heavy atom. The van der Waals surface area contributed by atoms with Crippen LogP contribution in [0.1, 0.15) is 52.4 Å². The summed E-state index contributed by atoms with van der Waals surface area (Å²) in [5, 5.41) is 0. The fourth-order valence-corrected chi connectivity index (χ4v) is 2.56. The molecule has 0 radical (unpaired) electrons. The Morgan fingerprint density at radius 3 is 2.93 bits per heavy atom. The minimum Gasteiger partial charge on any atom is -0.370 e. The molecule has 14 heavy (non-hydrogen) atoms. The van der Waals surface area contributed by atoms with Crippen molar-refractivity contribution in [3.8, 4) is 0 Å². The Labute approximate surface area is 87.5 Å². The quantitative estimate of drug-likeness (QED) is 0.491. The molecule has 2 fully saturated rings. The number of hydrogen-bond donors (Lipinski definition) is 0. The summed E-state index contributed by atoms with van der Waals surface area (Å²) in [7, 11) is 0. The summed E-state index contributed by atoms with van der Waals surface area (Å²) in [5.74, 6) is 0.961. The number of rotatable bonds is 4. The van der Waals surface area contributed by atoms with Gasteiger partial charge < -0.3 is 4.74 Å². The van der Waals surface area contributed by atoms with Crippen LogP contribution >= 0.6 is 0 Å². The highest BCUT2D eigenvalue weighted by atomic mass is 16.6. The molecule has 0 aromatic rings. The molecule has 2 rings (SSSR count). The highest BCUT2D eigenvalue weighted by Gasteiger charge is 2.43. The van der Waals surface area contributed by atoms with Gasteiger partial charge in [-0.1, -0.05) is 18.1 Å². The van der Waals surface area contributed by atoms with Crippen molar-refractivity contribution in [1.82, 2.24) is 0 Å². The first-order valence-electron chi connectivity index (χ1n) is 6.07. The maximum absolute atomic E-state index is 5.55. The Bertz CT molecular complexity index is 219. The first kappa shape index (κ1) is 10.2. The third-order valence-electron chi connectivity index (χ3n) is 3.79. The van der Waals surface area contributed by atoms with Gasteiger partial charge in [-0.2, -0.15) is 0 Å². The van der Waals surface area contributed by atoms with Gasteiger partial charge in [0.05, 0.1) is 12.2 Å². The minimum absolute atomic E-state index is 0.663. The molecule has 1 heterocycles. The van der Waals surface area contributed by atoms with E-state index in [1.165, 1.54) is 38.5 Å². The molecule has 0 spiro atoms. The first-order chi connectivity index (χ1) is 6.79. The van der Waals surface area contributed by atoms with Gasteiger partial charge in [0, 0.05) is 0 Å². The van der Waals surface area contributed by atoms with Gasteiger partial charge in [0.25, 0.3) is 0 Å². The summed E-state index contributed by atoms with van der Waals surface area (Å²) in [6.45, 7) is 4.37. The number of epoxide rings is 1. The van der Waals surface area contributed by atoms with Crippen LogP contribution < -0.4 is 0 Å². The Kier molecular flexibility index (Phi) is 3.27. The first-order valence-corrected chi connectivity index (χ1v) is 6.07. The van der Waals surface area contributed by atoms with Gasteiger partial charge in [-0.05, 0) is 51.9 Å². The average Bonchev–Trinajstić information content (AvgIpc) is 2.95. The number of allylic oxidation sites excluding steroid dienone is 2. The SMILES string of the molecule is CC=C(C)CCCC1CCC2OC2C1. The van der Waals surface area contributed by atoms with Crippen LogP contribution in [0.4, 0.5) is 0 Å². The molecule has 1 aliphatic heterocycles. The third kappa shape index (κ3) is 2.60. The van der Waals surface area contributed by atoms with E-state index in [9.17, 15) is 0 Å². The molecule has 1 saturated heterocycles. The highest BCUT2D eigenvalue weighted by molar-refractivity contribution is 4.96. The van der Waals surface area contributed by atoms with Crippen molar-refractivity contribution >= 4 is 0 Å². The maximum atomic E-state index is 5.55. The van der Waals surface area contributed by atoms with Gasteiger partial charge in [-0.15, -0.1) is 0 Å². The van der Waals surface area contributed by atoms with Gasteiger partial charge in [-0.25, -0.2) is 0 Å². The summed E-state index contributed by atoms with van der Waals surface area (Å²) in [6, 6.07) is 0. The molecule has 1 nitrogen and oxygen atoms in total. The van der Waals surface area contributed by atoms with Crippen molar-refractivity contribution in [3.05, 3.63) is 11.6 Å². The van der Waals surface area contributed by atoms with Crippen molar-refractivity contribution in [1.29, 1.82) is 0 Å². The molecule has 2 aliphatic rings. The van der Waals surface area contributed by atoms with E-state index in [2.05, 4.69) is 19.9 Å². The second-order valence-corrected chi connectivity index (χ2v) is 4.92. The van der Waals surface area contributed by atoms with Crippen LogP contribution in [-0.4, -0.2) is 12.2 Å². The lowest BCUT2D eigenvalue weighted by Gasteiger charge is -2.18. The molecule has 0 bridgehead atoms. The predicted molar refractivity (Wildman–Crippen MR) is 59.3 cm³/mol. The van der Waals surface area contributed by atoms with E-state index >= 15 is 0 Å². The fraction of sp³-hybridized carbons (Fsp3) is 0.846. The zero-order chi connectivity index (χ0) is 9.97. The second-order valence-electron chi connectivity index (χ2n) is 4.92. The molecule has 1 aliphatic carbocycles. The van der Waals surface area contributed by atoms with Crippen molar-refractivity contribution < 1.29 is 4.74 Å². The van der Waals surface area contributed by atoms with Gasteiger partial charge in [0.2, 0.25) is 0 Å². The van der Waals surface area contributed by atoms with Crippen molar-refractivity contribution in [2.45, 2.75) is 64.6 Å². The van der Waals surface area contributed by atoms with Gasteiger partial charge in [0.15, 0.2) is 0 Å². The zero-order valence-corrected chi connectivity index (χ0v) is 9.46. The van der Waals surface area contributed by atoms with Crippen LogP contribution in [0.5, 0.6) is 0 Å². The number of fused-ring (bicyclic) bond motifs is 1. The van der Waals surface area contributed by atoms with E-state index in [0.717, 1.165) is 5.92 Å². The highest BCUT2D eigenvalue weighted by Crippen LogP contribution is 2.41. The van der Waals surface area contributed by atoms with Crippen LogP contribution in [0.2, 0.25) is 0 Å². The molecule has 0 amide bonds. The fourth-order valence-electron chi connectivity index (χ4n) is 2.56. The summed E-state index contributed by atoms with van der Waals surface area (Å²) in [5.41, 5.74) is 1.54. The number of hydrogen-bond acceptors (Lipinski definition) is 1. The summed E-state index contributed by atoms with van der Waals surface area (Å²) >= 11 is 0. The average molecular weight is 194 g/mol. The van der Waals surface area contributed by atoms with Gasteiger partial charge in [0.1, 0.15) is 0 Å². The molecule has 3 unspecified atom stereocenters. The van der Waals surface area contributed by atoms with Crippen LogP contribution in [0.25, 0.3) is 0 Å². The second kappa shape index (κ2) is 4.48. The van der Waals surface area contributed by atoms with Gasteiger partial charge in [-0.3, -0.25) is 0 Å². The Morgan fingerprint density at radius 1 is 1.36 bits per heavy atom. The summed E-state index contributed by atoms with van der Waals surface area (Å²) in [6.07, 6.45) is 11.7. The summed E-state index contributed by atoms with van der Waals surface area (Å²) in [4.78, 5) is 0. The smallest absolute Gasteiger partial charge is 0.0844 e. The minimum atomic E-state index is 0.663. The maximum Gasteiger partial charge on any atom is 0.0844 e. The van der Waals surface area contributed by atoms with Crippen LogP contribution in [0.3, 0.4) is 0 Å². The molecule has 1 saturated carbocycles. The summed E-state index contributed by atoms with van der Waals surface area (Å²) < 4.78 is 5.55. The van der Waals surface area contributed by atoms with Crippen molar-refractivity contribution in [3.63, 3.8) is 0 Å². The molecular formula is C13H22O. The largest absolute Gasteiger partial charge is 0.370 e.